The average molecular weight is 234 g/mol. The van der Waals surface area contributed by atoms with E-state index in [0.29, 0.717) is 11.3 Å². The van der Waals surface area contributed by atoms with E-state index in [1.165, 1.54) is 0 Å². The lowest BCUT2D eigenvalue weighted by Crippen LogP contribution is -2.09. The van der Waals surface area contributed by atoms with Gasteiger partial charge in [0.25, 0.3) is 0 Å². The molecule has 0 aromatic heterocycles. The van der Waals surface area contributed by atoms with Gasteiger partial charge in [-0.05, 0) is 12.5 Å². The van der Waals surface area contributed by atoms with Crippen molar-refractivity contribution in [3.05, 3.63) is 22.8 Å². The van der Waals surface area contributed by atoms with Crippen molar-refractivity contribution in [1.29, 1.82) is 0 Å². The van der Waals surface area contributed by atoms with E-state index >= 15 is 0 Å². The van der Waals surface area contributed by atoms with E-state index in [1.807, 2.05) is 6.92 Å². The lowest BCUT2D eigenvalue weighted by molar-refractivity contribution is 0.330. The van der Waals surface area contributed by atoms with Crippen molar-refractivity contribution in [1.82, 2.24) is 0 Å². The van der Waals surface area contributed by atoms with Crippen molar-refractivity contribution >= 4 is 21.6 Å². The van der Waals surface area contributed by atoms with Crippen LogP contribution in [0, 0.1) is 0 Å². The molecule has 3 nitrogen and oxygen atoms in total. The normalized spacial score (nSPS) is 13.3. The fraction of sp³-hybridized carbons (Fsp3) is 0.375. The van der Waals surface area contributed by atoms with E-state index in [9.17, 15) is 0 Å². The molecule has 2 N–H and O–H groups in total. The maximum absolute atomic E-state index is 8.79. The minimum atomic E-state index is -0.212. The lowest BCUT2D eigenvalue weighted by Gasteiger charge is -2.01. The van der Waals surface area contributed by atoms with Gasteiger partial charge in [0, 0.05) is 10.7 Å². The summed E-state index contributed by atoms with van der Waals surface area (Å²) < 4.78 is 0.846. The molecule has 0 bridgehead atoms. The van der Waals surface area contributed by atoms with Crippen LogP contribution in [0.15, 0.2) is 27.8 Å². The molecule has 4 heteroatoms. The van der Waals surface area contributed by atoms with Gasteiger partial charge in [0.15, 0.2) is 0 Å². The monoisotopic (exact) mass is 233 g/mol. The molecule has 0 heterocycles. The fourth-order valence-corrected chi connectivity index (χ4v) is 0.604. The molecule has 0 rings (SSSR count). The highest BCUT2D eigenvalue weighted by Gasteiger charge is 1.99. The molecular formula is C8H12BrNO2. The van der Waals surface area contributed by atoms with Gasteiger partial charge in [0.05, 0.1) is 18.9 Å². The van der Waals surface area contributed by atoms with Gasteiger partial charge in [0.1, 0.15) is 0 Å². The highest BCUT2D eigenvalue weighted by Crippen LogP contribution is 2.03. The van der Waals surface area contributed by atoms with E-state index in [4.69, 9.17) is 10.2 Å². The predicted molar refractivity (Wildman–Crippen MR) is 53.4 cm³/mol. The summed E-state index contributed by atoms with van der Waals surface area (Å²) >= 11 is 3.18. The molecule has 0 aliphatic carbocycles. The molecule has 0 saturated heterocycles. The third kappa shape index (κ3) is 4.43. The fourth-order valence-electron chi connectivity index (χ4n) is 0.502. The number of aliphatic hydroxyl groups excluding tert-OH is 2. The van der Waals surface area contributed by atoms with Crippen LogP contribution in [0.4, 0.5) is 0 Å². The van der Waals surface area contributed by atoms with E-state index in [-0.39, 0.29) is 13.2 Å². The van der Waals surface area contributed by atoms with Gasteiger partial charge in [-0.1, -0.05) is 22.5 Å². The molecule has 0 spiro atoms. The standard InChI is InChI=1S/C8H12BrNO2/c1-6(4-11)8(5-12)10-3-7(2)9/h3,11-12H,1,4-5H2,2H3/b7-3+,10-8-. The summed E-state index contributed by atoms with van der Waals surface area (Å²) in [7, 11) is 0. The zero-order chi connectivity index (χ0) is 9.56. The number of aliphatic imine (C=N–C) groups is 1. The Balaban J connectivity index is 4.44. The Morgan fingerprint density at radius 3 is 2.42 bits per heavy atom. The van der Waals surface area contributed by atoms with Crippen molar-refractivity contribution in [2.24, 2.45) is 4.99 Å². The topological polar surface area (TPSA) is 52.8 Å². The van der Waals surface area contributed by atoms with E-state index in [0.717, 1.165) is 4.48 Å². The largest absolute Gasteiger partial charge is 0.392 e. The molecule has 0 aromatic rings. The number of halogens is 1. The highest BCUT2D eigenvalue weighted by atomic mass is 79.9. The van der Waals surface area contributed by atoms with Crippen molar-refractivity contribution in [3.8, 4) is 0 Å². The quantitative estimate of drug-likeness (QED) is 0.718. The van der Waals surface area contributed by atoms with Gasteiger partial charge in [-0.25, -0.2) is 0 Å². The third-order valence-electron chi connectivity index (χ3n) is 1.15. The average Bonchev–Trinajstić information content (AvgIpc) is 2.04. The summed E-state index contributed by atoms with van der Waals surface area (Å²) in [5.74, 6) is 0. The molecule has 68 valence electrons. The second-order valence-corrected chi connectivity index (χ2v) is 3.46. The number of hydrogen-bond acceptors (Lipinski definition) is 3. The van der Waals surface area contributed by atoms with E-state index in [2.05, 4.69) is 27.5 Å². The maximum atomic E-state index is 8.79. The zero-order valence-corrected chi connectivity index (χ0v) is 8.50. The summed E-state index contributed by atoms with van der Waals surface area (Å²) in [6.07, 6.45) is 1.55. The molecular weight excluding hydrogens is 222 g/mol. The Hall–Kier alpha value is -0.450. The van der Waals surface area contributed by atoms with Gasteiger partial charge in [-0.3, -0.25) is 4.99 Å². The first-order valence-electron chi connectivity index (χ1n) is 3.40. The van der Waals surface area contributed by atoms with Crippen LogP contribution in [0.3, 0.4) is 0 Å². The minimum absolute atomic E-state index is 0.186. The molecule has 0 radical (unpaired) electrons. The van der Waals surface area contributed by atoms with Crippen molar-refractivity contribution in [2.75, 3.05) is 13.2 Å². The molecule has 12 heavy (non-hydrogen) atoms. The molecule has 0 atom stereocenters. The van der Waals surface area contributed by atoms with Crippen LogP contribution < -0.4 is 0 Å². The number of allylic oxidation sites excluding steroid dienone is 1. The number of nitrogens with zero attached hydrogens (tertiary/aromatic N) is 1. The Bertz CT molecular complexity index is 217. The highest BCUT2D eigenvalue weighted by molar-refractivity contribution is 9.11. The predicted octanol–water partition coefficient (Wildman–Crippen LogP) is 1.22. The zero-order valence-electron chi connectivity index (χ0n) is 6.92. The molecule has 0 amide bonds. The van der Waals surface area contributed by atoms with Gasteiger partial charge in [-0.2, -0.15) is 0 Å². The molecule has 0 aliphatic rings. The first-order chi connectivity index (χ1) is 5.61. The van der Waals surface area contributed by atoms with Crippen LogP contribution in [0.5, 0.6) is 0 Å². The van der Waals surface area contributed by atoms with Crippen LogP contribution in [-0.2, 0) is 0 Å². The Morgan fingerprint density at radius 2 is 2.08 bits per heavy atom. The number of rotatable bonds is 4. The van der Waals surface area contributed by atoms with Crippen LogP contribution in [-0.4, -0.2) is 29.1 Å². The van der Waals surface area contributed by atoms with Crippen LogP contribution in [0.25, 0.3) is 0 Å². The van der Waals surface area contributed by atoms with Crippen LogP contribution >= 0.6 is 15.9 Å². The summed E-state index contributed by atoms with van der Waals surface area (Å²) in [5.41, 5.74) is 0.832. The number of hydrogen-bond donors (Lipinski definition) is 2. The third-order valence-corrected chi connectivity index (χ3v) is 1.35. The SMILES string of the molecule is C=C(CO)/C(CO)=N\C=C(/C)Br. The van der Waals surface area contributed by atoms with Crippen molar-refractivity contribution < 1.29 is 10.2 Å². The Morgan fingerprint density at radius 1 is 1.50 bits per heavy atom. The van der Waals surface area contributed by atoms with Gasteiger partial charge < -0.3 is 10.2 Å². The first-order valence-corrected chi connectivity index (χ1v) is 4.20. The lowest BCUT2D eigenvalue weighted by atomic mass is 10.2. The minimum Gasteiger partial charge on any atom is -0.392 e. The smallest absolute Gasteiger partial charge is 0.0856 e. The summed E-state index contributed by atoms with van der Waals surface area (Å²) in [4.78, 5) is 3.91. The van der Waals surface area contributed by atoms with E-state index < -0.39 is 0 Å². The second-order valence-electron chi connectivity index (χ2n) is 2.21. The Labute approximate surface area is 80.3 Å². The second kappa shape index (κ2) is 6.11. The molecule has 0 fully saturated rings. The van der Waals surface area contributed by atoms with Crippen molar-refractivity contribution in [3.63, 3.8) is 0 Å². The molecule has 0 unspecified atom stereocenters. The molecule has 0 aromatic carbocycles. The summed E-state index contributed by atoms with van der Waals surface area (Å²) in [5, 5.41) is 17.5. The van der Waals surface area contributed by atoms with Gasteiger partial charge in [0.2, 0.25) is 0 Å². The summed E-state index contributed by atoms with van der Waals surface area (Å²) in [6.45, 7) is 4.96. The van der Waals surface area contributed by atoms with Crippen LogP contribution in [0.1, 0.15) is 6.92 Å². The Kier molecular flexibility index (Phi) is 5.88. The van der Waals surface area contributed by atoms with Crippen LogP contribution in [0.2, 0.25) is 0 Å². The van der Waals surface area contributed by atoms with Gasteiger partial charge >= 0.3 is 0 Å². The van der Waals surface area contributed by atoms with Gasteiger partial charge in [-0.15, -0.1) is 0 Å². The maximum Gasteiger partial charge on any atom is 0.0856 e. The first kappa shape index (κ1) is 11.6. The van der Waals surface area contributed by atoms with E-state index in [1.54, 1.807) is 6.20 Å². The molecule has 0 saturated carbocycles. The number of aliphatic hydroxyl groups is 2. The van der Waals surface area contributed by atoms with Crippen molar-refractivity contribution in [2.45, 2.75) is 6.92 Å². The molecule has 0 aliphatic heterocycles. The summed E-state index contributed by atoms with van der Waals surface area (Å²) in [6, 6.07) is 0.